The first-order chi connectivity index (χ1) is 12.2. The summed E-state index contributed by atoms with van der Waals surface area (Å²) < 4.78 is 8.53. The van der Waals surface area contributed by atoms with Gasteiger partial charge in [-0.3, -0.25) is 4.98 Å². The number of aromatic nitrogens is 2. The normalized spacial score (nSPS) is 15.5. The maximum atomic E-state index is 6.34. The molecule has 0 saturated heterocycles. The number of nitrogens with zero attached hydrogens (tertiary/aromatic N) is 2. The molecule has 5 rings (SSSR count). The van der Waals surface area contributed by atoms with Crippen molar-refractivity contribution in [1.29, 1.82) is 0 Å². The van der Waals surface area contributed by atoms with Gasteiger partial charge in [-0.05, 0) is 54.6 Å². The molecule has 3 heterocycles. The summed E-state index contributed by atoms with van der Waals surface area (Å²) in [7, 11) is 0. The Balaban J connectivity index is 1.84. The van der Waals surface area contributed by atoms with E-state index in [4.69, 9.17) is 27.9 Å². The molecule has 0 saturated carbocycles. The quantitative estimate of drug-likeness (QED) is 0.416. The van der Waals surface area contributed by atoms with E-state index in [9.17, 15) is 0 Å². The Morgan fingerprint density at radius 2 is 1.64 bits per heavy atom. The zero-order valence-corrected chi connectivity index (χ0v) is 14.5. The summed E-state index contributed by atoms with van der Waals surface area (Å²) in [4.78, 5) is 4.11. The van der Waals surface area contributed by atoms with Crippen LogP contribution in [0.4, 0.5) is 0 Å². The topological polar surface area (TPSA) is 27.1 Å². The minimum absolute atomic E-state index is 0.289. The van der Waals surface area contributed by atoms with E-state index in [1.54, 1.807) is 12.4 Å². The van der Waals surface area contributed by atoms with Gasteiger partial charge in [0.2, 0.25) is 6.23 Å². The number of rotatable bonds is 1. The lowest BCUT2D eigenvalue weighted by Crippen LogP contribution is -2.22. The number of halogens is 2. The molecule has 0 bridgehead atoms. The zero-order valence-electron chi connectivity index (χ0n) is 13.0. The second-order valence-corrected chi connectivity index (χ2v) is 6.87. The van der Waals surface area contributed by atoms with Crippen LogP contribution in [0.1, 0.15) is 11.8 Å². The van der Waals surface area contributed by atoms with Crippen molar-refractivity contribution >= 4 is 34.1 Å². The number of hydrogen-bond donors (Lipinski definition) is 0. The highest BCUT2D eigenvalue weighted by atomic mass is 35.5. The fourth-order valence-electron chi connectivity index (χ4n) is 3.39. The first kappa shape index (κ1) is 14.8. The van der Waals surface area contributed by atoms with Crippen molar-refractivity contribution in [3.05, 3.63) is 82.6 Å². The lowest BCUT2D eigenvalue weighted by Gasteiger charge is -2.30. The number of ether oxygens (including phenoxy) is 1. The van der Waals surface area contributed by atoms with Gasteiger partial charge in [0.05, 0.1) is 11.2 Å². The van der Waals surface area contributed by atoms with Crippen molar-refractivity contribution in [3.8, 4) is 17.0 Å². The largest absolute Gasteiger partial charge is 0.465 e. The van der Waals surface area contributed by atoms with Gasteiger partial charge < -0.3 is 9.30 Å². The van der Waals surface area contributed by atoms with Crippen LogP contribution in [0.25, 0.3) is 22.2 Å². The number of benzene rings is 2. The van der Waals surface area contributed by atoms with Crippen molar-refractivity contribution in [2.45, 2.75) is 6.23 Å². The monoisotopic (exact) mass is 366 g/mol. The SMILES string of the molecule is Clc1ccc2c(c1)O[C@@H](c1ccncc1)n1c-2cc2cc(Cl)ccc21. The van der Waals surface area contributed by atoms with Gasteiger partial charge in [0.25, 0.3) is 0 Å². The van der Waals surface area contributed by atoms with E-state index in [0.717, 1.165) is 33.5 Å². The summed E-state index contributed by atoms with van der Waals surface area (Å²) in [5, 5.41) is 2.45. The van der Waals surface area contributed by atoms with Crippen LogP contribution in [0.15, 0.2) is 67.0 Å². The Labute approximate surface area is 154 Å². The van der Waals surface area contributed by atoms with Crippen LogP contribution in [0, 0.1) is 0 Å². The molecule has 1 atom stereocenters. The smallest absolute Gasteiger partial charge is 0.203 e. The Kier molecular flexibility index (Phi) is 3.27. The van der Waals surface area contributed by atoms with Crippen molar-refractivity contribution < 1.29 is 4.74 Å². The molecule has 0 aliphatic carbocycles. The van der Waals surface area contributed by atoms with E-state index in [1.165, 1.54) is 0 Å². The average molecular weight is 367 g/mol. The van der Waals surface area contributed by atoms with E-state index in [0.29, 0.717) is 10.0 Å². The first-order valence-electron chi connectivity index (χ1n) is 7.88. The summed E-state index contributed by atoms with van der Waals surface area (Å²) in [5.74, 6) is 0.774. The molecule has 1 aliphatic heterocycles. The van der Waals surface area contributed by atoms with E-state index in [-0.39, 0.29) is 6.23 Å². The highest BCUT2D eigenvalue weighted by Crippen LogP contribution is 2.45. The van der Waals surface area contributed by atoms with E-state index >= 15 is 0 Å². The third-order valence-corrected chi connectivity index (χ3v) is 4.96. The molecule has 5 heteroatoms. The third kappa shape index (κ3) is 2.31. The van der Waals surface area contributed by atoms with Crippen molar-refractivity contribution in [3.63, 3.8) is 0 Å². The second-order valence-electron chi connectivity index (χ2n) is 5.99. The van der Waals surface area contributed by atoms with Crippen LogP contribution >= 0.6 is 23.2 Å². The highest BCUT2D eigenvalue weighted by molar-refractivity contribution is 6.31. The molecule has 2 aromatic heterocycles. The number of hydrogen-bond acceptors (Lipinski definition) is 2. The van der Waals surface area contributed by atoms with Crippen molar-refractivity contribution in [2.75, 3.05) is 0 Å². The van der Waals surface area contributed by atoms with Crippen LogP contribution in [0.2, 0.25) is 10.0 Å². The summed E-state index contributed by atoms with van der Waals surface area (Å²) in [6, 6.07) is 17.7. The number of fused-ring (bicyclic) bond motifs is 5. The van der Waals surface area contributed by atoms with Crippen molar-refractivity contribution in [1.82, 2.24) is 9.55 Å². The molecule has 0 unspecified atom stereocenters. The lowest BCUT2D eigenvalue weighted by molar-refractivity contribution is 0.173. The summed E-state index contributed by atoms with van der Waals surface area (Å²) in [6.07, 6.45) is 3.26. The maximum Gasteiger partial charge on any atom is 0.203 e. The number of pyridine rings is 1. The Morgan fingerprint density at radius 1 is 0.880 bits per heavy atom. The first-order valence-corrected chi connectivity index (χ1v) is 8.63. The van der Waals surface area contributed by atoms with Gasteiger partial charge in [-0.15, -0.1) is 0 Å². The molecule has 122 valence electrons. The molecular formula is C20H12Cl2N2O. The van der Waals surface area contributed by atoms with E-state index in [1.807, 2.05) is 48.5 Å². The molecule has 25 heavy (non-hydrogen) atoms. The molecule has 0 radical (unpaired) electrons. The fraction of sp³-hybridized carbons (Fsp3) is 0.0500. The Morgan fingerprint density at radius 3 is 2.48 bits per heavy atom. The van der Waals surface area contributed by atoms with Crippen LogP contribution in [0.3, 0.4) is 0 Å². The lowest BCUT2D eigenvalue weighted by atomic mass is 10.1. The van der Waals surface area contributed by atoms with Gasteiger partial charge in [0.15, 0.2) is 0 Å². The van der Waals surface area contributed by atoms with E-state index < -0.39 is 0 Å². The summed E-state index contributed by atoms with van der Waals surface area (Å²) in [5.41, 5.74) is 4.19. The molecule has 0 fully saturated rings. The highest BCUT2D eigenvalue weighted by Gasteiger charge is 2.29. The summed E-state index contributed by atoms with van der Waals surface area (Å²) in [6.45, 7) is 0. The minimum atomic E-state index is -0.289. The fourth-order valence-corrected chi connectivity index (χ4v) is 3.73. The molecule has 0 N–H and O–H groups in total. The minimum Gasteiger partial charge on any atom is -0.465 e. The van der Waals surface area contributed by atoms with Crippen LogP contribution < -0.4 is 4.74 Å². The third-order valence-electron chi connectivity index (χ3n) is 4.48. The van der Waals surface area contributed by atoms with Gasteiger partial charge in [0.1, 0.15) is 5.75 Å². The molecule has 0 amide bonds. The van der Waals surface area contributed by atoms with Gasteiger partial charge in [-0.1, -0.05) is 23.2 Å². The Bertz CT molecular complexity index is 1110. The molecular weight excluding hydrogens is 355 g/mol. The van der Waals surface area contributed by atoms with Crippen LogP contribution in [0.5, 0.6) is 5.75 Å². The maximum absolute atomic E-state index is 6.34. The van der Waals surface area contributed by atoms with Crippen LogP contribution in [-0.4, -0.2) is 9.55 Å². The predicted octanol–water partition coefficient (Wildman–Crippen LogP) is 5.95. The molecule has 2 aromatic carbocycles. The summed E-state index contributed by atoms with van der Waals surface area (Å²) >= 11 is 12.4. The Hall–Kier alpha value is -2.49. The molecule has 3 nitrogen and oxygen atoms in total. The van der Waals surface area contributed by atoms with Gasteiger partial charge in [-0.2, -0.15) is 0 Å². The van der Waals surface area contributed by atoms with Gasteiger partial charge in [-0.25, -0.2) is 0 Å². The second kappa shape index (κ2) is 5.51. The standard InChI is InChI=1S/C20H12Cl2N2O/c21-14-2-4-17-13(9-14)10-18-16-3-1-15(22)11-19(16)25-20(24(17)18)12-5-7-23-8-6-12/h1-11,20H/t20-/m0/s1. The predicted molar refractivity (Wildman–Crippen MR) is 100 cm³/mol. The average Bonchev–Trinajstić information content (AvgIpc) is 3.00. The van der Waals surface area contributed by atoms with Crippen molar-refractivity contribution in [2.24, 2.45) is 0 Å². The van der Waals surface area contributed by atoms with Gasteiger partial charge >= 0.3 is 0 Å². The van der Waals surface area contributed by atoms with E-state index in [2.05, 4.69) is 15.6 Å². The van der Waals surface area contributed by atoms with Crippen LogP contribution in [-0.2, 0) is 0 Å². The molecule has 4 aromatic rings. The molecule has 1 aliphatic rings. The zero-order chi connectivity index (χ0) is 17.0. The van der Waals surface area contributed by atoms with Gasteiger partial charge in [0, 0.05) is 39.0 Å². The molecule has 0 spiro atoms.